The number of alkyl halides is 6. The summed E-state index contributed by atoms with van der Waals surface area (Å²) in [5.41, 5.74) is -3.48. The van der Waals surface area contributed by atoms with Crippen LogP contribution in [-0.4, -0.2) is 24.4 Å². The zero-order chi connectivity index (χ0) is 22.5. The zero-order valence-electron chi connectivity index (χ0n) is 15.0. The lowest BCUT2D eigenvalue weighted by atomic mass is 10.1. The number of benzene rings is 2. The van der Waals surface area contributed by atoms with Crippen molar-refractivity contribution >= 4 is 11.4 Å². The van der Waals surface area contributed by atoms with E-state index >= 15 is 0 Å². The summed E-state index contributed by atoms with van der Waals surface area (Å²) in [4.78, 5) is 2.81. The molecule has 0 saturated carbocycles. The molecule has 158 valence electrons. The van der Waals surface area contributed by atoms with Gasteiger partial charge in [-0.2, -0.15) is 31.6 Å². The standard InChI is InChI=1S/C19H13F6N3O2/c1-27-17-5-3-12(6-16(17)19(23,24)25)28-9-13(29)10-30-14-4-2-11(8-26)15(7-14)18(20,21)22/h2-7,13,28-29H,9-10H2/t13-/m1/s1. The van der Waals surface area contributed by atoms with Crippen molar-refractivity contribution in [2.45, 2.75) is 18.5 Å². The van der Waals surface area contributed by atoms with E-state index in [1.54, 1.807) is 0 Å². The zero-order valence-corrected chi connectivity index (χ0v) is 15.0. The number of nitrogens with one attached hydrogen (secondary N) is 1. The van der Waals surface area contributed by atoms with Gasteiger partial charge in [0, 0.05) is 12.2 Å². The van der Waals surface area contributed by atoms with E-state index in [1.165, 1.54) is 12.1 Å². The Bertz CT molecular complexity index is 910. The molecule has 0 bridgehead atoms. The van der Waals surface area contributed by atoms with E-state index in [1.807, 2.05) is 0 Å². The van der Waals surface area contributed by atoms with Crippen LogP contribution in [0.5, 0.6) is 5.75 Å². The molecular formula is C19H13F6N3O2. The molecule has 2 rings (SSSR count). The molecule has 0 aliphatic rings. The second kappa shape index (κ2) is 8.93. The van der Waals surface area contributed by atoms with Gasteiger partial charge in [0.05, 0.1) is 29.3 Å². The third-order valence-corrected chi connectivity index (χ3v) is 3.82. The Morgan fingerprint density at radius 3 is 2.30 bits per heavy atom. The molecule has 2 aromatic carbocycles. The third-order valence-electron chi connectivity index (χ3n) is 3.82. The average Bonchev–Trinajstić information content (AvgIpc) is 2.68. The molecule has 5 nitrogen and oxygen atoms in total. The van der Waals surface area contributed by atoms with Crippen LogP contribution in [0, 0.1) is 17.9 Å². The number of aliphatic hydroxyl groups is 1. The van der Waals surface area contributed by atoms with Crippen LogP contribution >= 0.6 is 0 Å². The smallest absolute Gasteiger partial charge is 0.417 e. The predicted molar refractivity (Wildman–Crippen MR) is 93.9 cm³/mol. The molecular weight excluding hydrogens is 416 g/mol. The van der Waals surface area contributed by atoms with Gasteiger partial charge in [-0.15, -0.1) is 0 Å². The summed E-state index contributed by atoms with van der Waals surface area (Å²) in [6.45, 7) is 6.06. The van der Waals surface area contributed by atoms with E-state index in [9.17, 15) is 31.4 Å². The minimum Gasteiger partial charge on any atom is -0.491 e. The number of nitriles is 1. The van der Waals surface area contributed by atoms with Crippen LogP contribution in [0.2, 0.25) is 0 Å². The molecule has 0 amide bonds. The number of ether oxygens (including phenoxy) is 1. The molecule has 2 aromatic rings. The van der Waals surface area contributed by atoms with Crippen LogP contribution < -0.4 is 10.1 Å². The Kier molecular flexibility index (Phi) is 6.80. The van der Waals surface area contributed by atoms with Crippen molar-refractivity contribution in [2.24, 2.45) is 0 Å². The monoisotopic (exact) mass is 429 g/mol. The second-order valence-electron chi connectivity index (χ2n) is 6.00. The summed E-state index contributed by atoms with van der Waals surface area (Å²) in [5.74, 6) is -0.235. The SMILES string of the molecule is [C-]#[N+]c1ccc(NC[C@@H](O)COc2ccc(C#N)c(C(F)(F)F)c2)cc1C(F)(F)F. The minimum absolute atomic E-state index is 0.00787. The normalized spacial score (nSPS) is 12.6. The topological polar surface area (TPSA) is 69.6 Å². The van der Waals surface area contributed by atoms with Gasteiger partial charge in [0.2, 0.25) is 0 Å². The van der Waals surface area contributed by atoms with Crippen LogP contribution in [0.4, 0.5) is 37.7 Å². The first-order chi connectivity index (χ1) is 14.0. The van der Waals surface area contributed by atoms with Crippen molar-refractivity contribution < 1.29 is 36.2 Å². The highest BCUT2D eigenvalue weighted by molar-refractivity contribution is 5.61. The van der Waals surface area contributed by atoms with Crippen molar-refractivity contribution in [3.8, 4) is 11.8 Å². The first kappa shape index (κ1) is 22.8. The van der Waals surface area contributed by atoms with Gasteiger partial charge >= 0.3 is 12.4 Å². The Morgan fingerprint density at radius 2 is 1.73 bits per heavy atom. The molecule has 0 heterocycles. The average molecular weight is 429 g/mol. The van der Waals surface area contributed by atoms with Crippen LogP contribution in [-0.2, 0) is 12.4 Å². The maximum absolute atomic E-state index is 13.0. The van der Waals surface area contributed by atoms with E-state index in [-0.39, 0.29) is 18.0 Å². The molecule has 0 spiro atoms. The van der Waals surface area contributed by atoms with Gasteiger partial charge in [-0.25, -0.2) is 4.85 Å². The molecule has 0 radical (unpaired) electrons. The highest BCUT2D eigenvalue weighted by Gasteiger charge is 2.34. The molecule has 0 saturated heterocycles. The number of hydrogen-bond acceptors (Lipinski definition) is 4. The van der Waals surface area contributed by atoms with E-state index in [4.69, 9.17) is 16.6 Å². The molecule has 11 heteroatoms. The van der Waals surface area contributed by atoms with Crippen molar-refractivity contribution in [3.05, 3.63) is 64.5 Å². The number of halogens is 6. The van der Waals surface area contributed by atoms with E-state index < -0.39 is 47.4 Å². The Hall–Kier alpha value is -3.44. The van der Waals surface area contributed by atoms with Crippen LogP contribution in [0.1, 0.15) is 16.7 Å². The van der Waals surface area contributed by atoms with E-state index in [2.05, 4.69) is 10.2 Å². The summed E-state index contributed by atoms with van der Waals surface area (Å²) >= 11 is 0. The summed E-state index contributed by atoms with van der Waals surface area (Å²) in [6.07, 6.45) is -10.8. The van der Waals surface area contributed by atoms with Crippen molar-refractivity contribution in [3.63, 3.8) is 0 Å². The number of aliphatic hydroxyl groups excluding tert-OH is 1. The highest BCUT2D eigenvalue weighted by atomic mass is 19.4. The number of anilines is 1. The van der Waals surface area contributed by atoms with Gasteiger partial charge in [-0.1, -0.05) is 6.07 Å². The lowest BCUT2D eigenvalue weighted by Crippen LogP contribution is -2.26. The number of rotatable bonds is 6. The second-order valence-corrected chi connectivity index (χ2v) is 6.00. The summed E-state index contributed by atoms with van der Waals surface area (Å²) in [6, 6.07) is 7.04. The molecule has 0 fully saturated rings. The molecule has 0 aliphatic carbocycles. The molecule has 0 unspecified atom stereocenters. The number of hydrogen-bond donors (Lipinski definition) is 2. The fourth-order valence-corrected chi connectivity index (χ4v) is 2.40. The Balaban J connectivity index is 2.01. The van der Waals surface area contributed by atoms with Gasteiger partial charge in [0.15, 0.2) is 5.69 Å². The third kappa shape index (κ3) is 5.78. The van der Waals surface area contributed by atoms with Gasteiger partial charge in [-0.3, -0.25) is 0 Å². The van der Waals surface area contributed by atoms with Crippen molar-refractivity contribution in [2.75, 3.05) is 18.5 Å². The van der Waals surface area contributed by atoms with Crippen LogP contribution in [0.3, 0.4) is 0 Å². The van der Waals surface area contributed by atoms with Crippen LogP contribution in [0.25, 0.3) is 4.85 Å². The largest absolute Gasteiger partial charge is 0.491 e. The number of nitrogens with zero attached hydrogens (tertiary/aromatic N) is 2. The van der Waals surface area contributed by atoms with Crippen molar-refractivity contribution in [1.82, 2.24) is 0 Å². The maximum atomic E-state index is 13.0. The summed E-state index contributed by atoms with van der Waals surface area (Å²) in [7, 11) is 0. The quantitative estimate of drug-likeness (QED) is 0.501. The highest BCUT2D eigenvalue weighted by Crippen LogP contribution is 2.38. The van der Waals surface area contributed by atoms with Gasteiger partial charge in [-0.05, 0) is 30.3 Å². The molecule has 0 aliphatic heterocycles. The lowest BCUT2D eigenvalue weighted by molar-refractivity contribution is -0.138. The van der Waals surface area contributed by atoms with Crippen molar-refractivity contribution in [1.29, 1.82) is 5.26 Å². The first-order valence-electron chi connectivity index (χ1n) is 8.20. The molecule has 0 aromatic heterocycles. The molecule has 30 heavy (non-hydrogen) atoms. The van der Waals surface area contributed by atoms with E-state index in [0.717, 1.165) is 24.3 Å². The maximum Gasteiger partial charge on any atom is 0.417 e. The van der Waals surface area contributed by atoms with Gasteiger partial charge in [0.25, 0.3) is 0 Å². The Morgan fingerprint density at radius 1 is 1.07 bits per heavy atom. The summed E-state index contributed by atoms with van der Waals surface area (Å²) in [5, 5.41) is 21.2. The first-order valence-corrected chi connectivity index (χ1v) is 8.20. The fraction of sp³-hybridized carbons (Fsp3) is 0.263. The summed E-state index contributed by atoms with van der Waals surface area (Å²) < 4.78 is 82.7. The van der Waals surface area contributed by atoms with Gasteiger partial charge in [0.1, 0.15) is 18.5 Å². The lowest BCUT2D eigenvalue weighted by Gasteiger charge is -2.16. The predicted octanol–water partition coefficient (Wildman–Crippen LogP) is 5.00. The minimum atomic E-state index is -4.77. The Labute approximate surface area is 166 Å². The molecule has 1 atom stereocenters. The van der Waals surface area contributed by atoms with E-state index in [0.29, 0.717) is 6.07 Å². The van der Waals surface area contributed by atoms with Gasteiger partial charge < -0.3 is 15.2 Å². The molecule has 2 N–H and O–H groups in total. The van der Waals surface area contributed by atoms with Crippen LogP contribution in [0.15, 0.2) is 36.4 Å². The fourth-order valence-electron chi connectivity index (χ4n) is 2.40.